The molecule has 0 aliphatic carbocycles. The summed E-state index contributed by atoms with van der Waals surface area (Å²) in [6.45, 7) is 0.481. The van der Waals surface area contributed by atoms with Gasteiger partial charge in [-0.15, -0.1) is 0 Å². The van der Waals surface area contributed by atoms with Crippen LogP contribution in [0.3, 0.4) is 0 Å². The third kappa shape index (κ3) is 3.45. The molecule has 0 fully saturated rings. The Balaban J connectivity index is 2.08. The summed E-state index contributed by atoms with van der Waals surface area (Å²) in [5.41, 5.74) is -1.11. The van der Waals surface area contributed by atoms with Crippen molar-refractivity contribution < 1.29 is 22.6 Å². The first-order valence-electron chi connectivity index (χ1n) is 5.79. The lowest BCUT2D eigenvalue weighted by Gasteiger charge is -2.26. The number of amidine groups is 1. The van der Waals surface area contributed by atoms with E-state index < -0.39 is 23.3 Å². The van der Waals surface area contributed by atoms with Crippen molar-refractivity contribution in [1.29, 1.82) is 0 Å². The van der Waals surface area contributed by atoms with Crippen molar-refractivity contribution in [1.82, 2.24) is 10.1 Å². The number of hydrogen-bond donors (Lipinski definition) is 0. The molecule has 7 nitrogen and oxygen atoms in total. The summed E-state index contributed by atoms with van der Waals surface area (Å²) in [7, 11) is 0. The van der Waals surface area contributed by atoms with Gasteiger partial charge in [0, 0.05) is 24.1 Å². The maximum atomic E-state index is 12.4. The van der Waals surface area contributed by atoms with Gasteiger partial charge in [-0.25, -0.2) is 0 Å². The van der Waals surface area contributed by atoms with E-state index in [1.165, 1.54) is 4.90 Å². The maximum Gasteiger partial charge on any atom is 0.436 e. The van der Waals surface area contributed by atoms with Gasteiger partial charge in [0.1, 0.15) is 0 Å². The van der Waals surface area contributed by atoms with Crippen molar-refractivity contribution in [2.24, 2.45) is 4.99 Å². The Labute approximate surface area is 111 Å². The highest BCUT2D eigenvalue weighted by atomic mass is 19.4. The fraction of sp³-hybridized carbons (Fsp3) is 0.600. The van der Waals surface area contributed by atoms with Gasteiger partial charge in [0.2, 0.25) is 0 Å². The zero-order valence-corrected chi connectivity index (χ0v) is 10.3. The predicted molar refractivity (Wildman–Crippen MR) is 60.7 cm³/mol. The Bertz CT molecular complexity index is 526. The third-order valence-electron chi connectivity index (χ3n) is 2.71. The molecule has 0 radical (unpaired) electrons. The van der Waals surface area contributed by atoms with Crippen LogP contribution in [0.4, 0.5) is 13.2 Å². The lowest BCUT2D eigenvalue weighted by molar-refractivity contribution is -0.464. The van der Waals surface area contributed by atoms with Crippen LogP contribution in [0.15, 0.2) is 15.6 Å². The zero-order chi connectivity index (χ0) is 14.8. The molecule has 20 heavy (non-hydrogen) atoms. The second-order valence-electron chi connectivity index (χ2n) is 4.24. The van der Waals surface area contributed by atoms with E-state index in [-0.39, 0.29) is 18.1 Å². The molecule has 0 amide bonds. The molecule has 1 aliphatic heterocycles. The SMILES string of the molecule is O=[N+]([O-])CC1=NCCCN1Cc1cc(C(F)(F)F)no1. The van der Waals surface area contributed by atoms with Crippen LogP contribution >= 0.6 is 0 Å². The topological polar surface area (TPSA) is 84.8 Å². The Morgan fingerprint density at radius 3 is 2.85 bits per heavy atom. The molecule has 110 valence electrons. The summed E-state index contributed by atoms with van der Waals surface area (Å²) in [5, 5.41) is 13.5. The number of hydrogen-bond acceptors (Lipinski definition) is 6. The van der Waals surface area contributed by atoms with Gasteiger partial charge in [-0.05, 0) is 6.42 Å². The van der Waals surface area contributed by atoms with E-state index in [1.54, 1.807) is 0 Å². The molecule has 0 atom stereocenters. The van der Waals surface area contributed by atoms with Gasteiger partial charge >= 0.3 is 6.18 Å². The van der Waals surface area contributed by atoms with E-state index in [1.807, 2.05) is 0 Å². The molecule has 1 aliphatic rings. The Kier molecular flexibility index (Phi) is 3.91. The minimum absolute atomic E-state index is 0.00438. The van der Waals surface area contributed by atoms with Crippen LogP contribution in [0.1, 0.15) is 17.9 Å². The second-order valence-corrected chi connectivity index (χ2v) is 4.24. The first kappa shape index (κ1) is 14.3. The molecule has 10 heteroatoms. The lowest BCUT2D eigenvalue weighted by Crippen LogP contribution is -2.39. The Hall–Kier alpha value is -2.13. The largest absolute Gasteiger partial charge is 0.436 e. The molecular weight excluding hydrogens is 281 g/mol. The van der Waals surface area contributed by atoms with Crippen molar-refractivity contribution in [3.05, 3.63) is 27.6 Å². The molecule has 0 N–H and O–H groups in total. The van der Waals surface area contributed by atoms with Crippen molar-refractivity contribution in [2.75, 3.05) is 19.6 Å². The monoisotopic (exact) mass is 292 g/mol. The molecule has 2 rings (SSSR count). The number of aliphatic imine (C=N–C) groups is 1. The first-order valence-corrected chi connectivity index (χ1v) is 5.79. The molecule has 0 bridgehead atoms. The minimum atomic E-state index is -4.57. The van der Waals surface area contributed by atoms with E-state index in [9.17, 15) is 23.3 Å². The Morgan fingerprint density at radius 2 is 2.25 bits per heavy atom. The molecule has 2 heterocycles. The fourth-order valence-corrected chi connectivity index (χ4v) is 1.84. The van der Waals surface area contributed by atoms with E-state index in [2.05, 4.69) is 14.7 Å². The fourth-order valence-electron chi connectivity index (χ4n) is 1.84. The summed E-state index contributed by atoms with van der Waals surface area (Å²) in [5.74, 6) is 0.237. The molecule has 1 aromatic rings. The van der Waals surface area contributed by atoms with Gasteiger partial charge in [0.05, 0.1) is 6.54 Å². The van der Waals surface area contributed by atoms with Crippen molar-refractivity contribution >= 4 is 5.84 Å². The average Bonchev–Trinajstić information content (AvgIpc) is 2.79. The van der Waals surface area contributed by atoms with Gasteiger partial charge in [-0.2, -0.15) is 13.2 Å². The average molecular weight is 292 g/mol. The quantitative estimate of drug-likeness (QED) is 0.621. The second kappa shape index (κ2) is 5.47. The van der Waals surface area contributed by atoms with Crippen LogP contribution < -0.4 is 0 Å². The predicted octanol–water partition coefficient (Wildman–Crippen LogP) is 1.57. The highest BCUT2D eigenvalue weighted by Gasteiger charge is 2.35. The van der Waals surface area contributed by atoms with Gasteiger partial charge in [0.15, 0.2) is 17.3 Å². The lowest BCUT2D eigenvalue weighted by atomic mass is 10.2. The number of nitrogens with zero attached hydrogens (tertiary/aromatic N) is 4. The van der Waals surface area contributed by atoms with Gasteiger partial charge in [-0.1, -0.05) is 5.16 Å². The van der Waals surface area contributed by atoms with Crippen LogP contribution in [0.5, 0.6) is 0 Å². The standard InChI is InChI=1S/C10H11F3N4O3/c11-10(12,13)8-4-7(20-15-8)5-16-3-1-2-14-9(16)6-17(18)19/h4H,1-3,5-6H2. The molecule has 0 saturated carbocycles. The van der Waals surface area contributed by atoms with Crippen molar-refractivity contribution in [2.45, 2.75) is 19.1 Å². The molecule has 0 aromatic carbocycles. The minimum Gasteiger partial charge on any atom is -0.359 e. The number of halogens is 3. The van der Waals surface area contributed by atoms with Crippen LogP contribution in [0.2, 0.25) is 0 Å². The smallest absolute Gasteiger partial charge is 0.359 e. The summed E-state index contributed by atoms with van der Waals surface area (Å²) >= 11 is 0. The normalized spacial score (nSPS) is 16.1. The van der Waals surface area contributed by atoms with Gasteiger partial charge in [0.25, 0.3) is 6.54 Å². The number of aromatic nitrogens is 1. The number of rotatable bonds is 4. The summed E-state index contributed by atoms with van der Waals surface area (Å²) in [6.07, 6.45) is -3.89. The molecule has 1 aromatic heterocycles. The van der Waals surface area contributed by atoms with Crippen LogP contribution in [0, 0.1) is 10.1 Å². The highest BCUT2D eigenvalue weighted by molar-refractivity contribution is 5.83. The number of alkyl halides is 3. The summed E-state index contributed by atoms with van der Waals surface area (Å²) in [4.78, 5) is 15.5. The molecule has 0 unspecified atom stereocenters. The van der Waals surface area contributed by atoms with Gasteiger partial charge in [-0.3, -0.25) is 15.1 Å². The van der Waals surface area contributed by atoms with Crippen LogP contribution in [0.25, 0.3) is 0 Å². The highest BCUT2D eigenvalue weighted by Crippen LogP contribution is 2.28. The van der Waals surface area contributed by atoms with Gasteiger partial charge < -0.3 is 9.42 Å². The summed E-state index contributed by atoms with van der Waals surface area (Å²) in [6, 6.07) is 0.790. The zero-order valence-electron chi connectivity index (χ0n) is 10.3. The van der Waals surface area contributed by atoms with Crippen LogP contribution in [-0.4, -0.2) is 40.4 Å². The van der Waals surface area contributed by atoms with Crippen LogP contribution in [-0.2, 0) is 12.7 Å². The first-order chi connectivity index (χ1) is 9.36. The van der Waals surface area contributed by atoms with Crippen molar-refractivity contribution in [3.8, 4) is 0 Å². The van der Waals surface area contributed by atoms with E-state index >= 15 is 0 Å². The maximum absolute atomic E-state index is 12.4. The molecule has 0 saturated heterocycles. The van der Waals surface area contributed by atoms with E-state index in [0.717, 1.165) is 6.07 Å². The summed E-state index contributed by atoms with van der Waals surface area (Å²) < 4.78 is 41.7. The number of nitro groups is 1. The molecule has 0 spiro atoms. The van der Waals surface area contributed by atoms with Crippen molar-refractivity contribution in [3.63, 3.8) is 0 Å². The van der Waals surface area contributed by atoms with E-state index in [4.69, 9.17) is 0 Å². The third-order valence-corrected chi connectivity index (χ3v) is 2.71. The Morgan fingerprint density at radius 1 is 1.50 bits per heavy atom. The molecular formula is C10H11F3N4O3. The van der Waals surface area contributed by atoms with E-state index in [0.29, 0.717) is 19.5 Å².